The fourth-order valence-electron chi connectivity index (χ4n) is 4.29. The van der Waals surface area contributed by atoms with Gasteiger partial charge in [0, 0.05) is 18.5 Å². The first kappa shape index (κ1) is 19.2. The minimum Gasteiger partial charge on any atom is -0.507 e. The van der Waals surface area contributed by atoms with Gasteiger partial charge in [-0.3, -0.25) is 9.59 Å². The molecule has 31 heavy (non-hydrogen) atoms. The van der Waals surface area contributed by atoms with Crippen molar-refractivity contribution in [1.29, 1.82) is 0 Å². The fourth-order valence-corrected chi connectivity index (χ4v) is 4.29. The Labute approximate surface area is 179 Å². The number of nitrogens with zero attached hydrogens (tertiary/aromatic N) is 1. The average molecular weight is 415 g/mol. The largest absolute Gasteiger partial charge is 0.507 e. The van der Waals surface area contributed by atoms with Gasteiger partial charge in [0.1, 0.15) is 29.4 Å². The van der Waals surface area contributed by atoms with Crippen LogP contribution in [0.3, 0.4) is 0 Å². The molecule has 2 aromatic carbocycles. The first-order chi connectivity index (χ1) is 15.0. The third-order valence-corrected chi connectivity index (χ3v) is 5.72. The number of likely N-dealkylation sites (tertiary alicyclic amines) is 1. The molecule has 1 amide bonds. The van der Waals surface area contributed by atoms with Crippen LogP contribution < -0.4 is 4.74 Å². The van der Waals surface area contributed by atoms with Crippen LogP contribution in [0.1, 0.15) is 35.4 Å². The van der Waals surface area contributed by atoms with Crippen LogP contribution in [0.4, 0.5) is 0 Å². The molecule has 156 valence electrons. The smallest absolute Gasteiger partial charge is 0.296 e. The second-order valence-electron chi connectivity index (χ2n) is 7.88. The number of fused-ring (bicyclic) bond motifs is 1. The van der Waals surface area contributed by atoms with E-state index in [1.54, 1.807) is 24.3 Å². The lowest BCUT2D eigenvalue weighted by molar-refractivity contribution is -0.140. The number of hydrogen-bond acceptors (Lipinski definition) is 5. The van der Waals surface area contributed by atoms with E-state index in [1.165, 1.54) is 11.2 Å². The summed E-state index contributed by atoms with van der Waals surface area (Å²) in [4.78, 5) is 27.4. The number of hydrogen-bond donors (Lipinski definition) is 1. The van der Waals surface area contributed by atoms with Gasteiger partial charge in [-0.05, 0) is 48.4 Å². The summed E-state index contributed by atoms with van der Waals surface area (Å²) in [5.74, 6) is -0.395. The molecule has 1 saturated heterocycles. The monoisotopic (exact) mass is 415 g/mol. The highest BCUT2D eigenvalue weighted by molar-refractivity contribution is 6.46. The van der Waals surface area contributed by atoms with E-state index in [9.17, 15) is 14.7 Å². The minimum absolute atomic E-state index is 0.0304. The molecule has 3 aromatic rings. The average Bonchev–Trinajstić information content (AvgIpc) is 3.48. The van der Waals surface area contributed by atoms with Crippen molar-refractivity contribution >= 4 is 17.4 Å². The molecular weight excluding hydrogens is 394 g/mol. The van der Waals surface area contributed by atoms with Gasteiger partial charge < -0.3 is 19.2 Å². The van der Waals surface area contributed by atoms with Gasteiger partial charge in [0.2, 0.25) is 0 Å². The molecule has 0 unspecified atom stereocenters. The second kappa shape index (κ2) is 7.47. The molecule has 0 aliphatic carbocycles. The molecule has 0 saturated carbocycles. The van der Waals surface area contributed by atoms with Gasteiger partial charge >= 0.3 is 0 Å². The van der Waals surface area contributed by atoms with Crippen LogP contribution in [-0.4, -0.2) is 27.8 Å². The standard InChI is InChI=1S/C25H21NO5/c1-15-12-18-13-17(9-10-19(18)31-15)23(27)21-22(20-8-5-11-30-20)26(25(29)24(21)28)14-16-6-3-2-4-7-16/h2-11,13,15,22,27H,12,14H2,1H3/b23-21+/t15-,22-/m0/s1. The maximum Gasteiger partial charge on any atom is 0.296 e. The molecule has 3 heterocycles. The van der Waals surface area contributed by atoms with Gasteiger partial charge in [0.25, 0.3) is 11.7 Å². The van der Waals surface area contributed by atoms with Crippen molar-refractivity contribution in [3.63, 3.8) is 0 Å². The van der Waals surface area contributed by atoms with Gasteiger partial charge in [0.05, 0.1) is 11.8 Å². The number of ether oxygens (including phenoxy) is 1. The molecule has 6 nitrogen and oxygen atoms in total. The van der Waals surface area contributed by atoms with E-state index in [1.807, 2.05) is 43.3 Å². The zero-order valence-corrected chi connectivity index (χ0v) is 16.9. The van der Waals surface area contributed by atoms with Crippen LogP contribution in [-0.2, 0) is 22.6 Å². The van der Waals surface area contributed by atoms with E-state index >= 15 is 0 Å². The summed E-state index contributed by atoms with van der Waals surface area (Å²) in [6, 6.07) is 17.3. The Morgan fingerprint density at radius 2 is 1.90 bits per heavy atom. The summed E-state index contributed by atoms with van der Waals surface area (Å²) >= 11 is 0. The first-order valence-electron chi connectivity index (χ1n) is 10.2. The van der Waals surface area contributed by atoms with E-state index in [2.05, 4.69) is 0 Å². The molecule has 6 heteroatoms. The van der Waals surface area contributed by atoms with E-state index in [0.717, 1.165) is 23.3 Å². The third kappa shape index (κ3) is 3.30. The Balaban J connectivity index is 1.60. The number of furan rings is 1. The quantitative estimate of drug-likeness (QED) is 0.392. The Morgan fingerprint density at radius 1 is 1.10 bits per heavy atom. The SMILES string of the molecule is C[C@H]1Cc2cc(/C(O)=C3\C(=O)C(=O)N(Cc4ccccc4)[C@H]3c3ccco3)ccc2O1. The number of carbonyl (C=O) groups is 2. The van der Waals surface area contributed by atoms with Gasteiger partial charge in [-0.1, -0.05) is 30.3 Å². The van der Waals surface area contributed by atoms with Crippen LogP contribution in [0.2, 0.25) is 0 Å². The van der Waals surface area contributed by atoms with E-state index < -0.39 is 17.7 Å². The highest BCUT2D eigenvalue weighted by atomic mass is 16.5. The number of benzene rings is 2. The lowest BCUT2D eigenvalue weighted by Gasteiger charge is -2.23. The molecular formula is C25H21NO5. The second-order valence-corrected chi connectivity index (χ2v) is 7.88. The zero-order valence-electron chi connectivity index (χ0n) is 16.9. The normalized spacial score (nSPS) is 21.9. The molecule has 2 aliphatic heterocycles. The van der Waals surface area contributed by atoms with Crippen LogP contribution in [0, 0.1) is 0 Å². The number of aliphatic hydroxyl groups excluding tert-OH is 1. The summed E-state index contributed by atoms with van der Waals surface area (Å²) < 4.78 is 11.3. The van der Waals surface area contributed by atoms with Crippen molar-refractivity contribution < 1.29 is 23.8 Å². The predicted molar refractivity (Wildman–Crippen MR) is 113 cm³/mol. The molecule has 0 bridgehead atoms. The summed E-state index contributed by atoms with van der Waals surface area (Å²) in [7, 11) is 0. The summed E-state index contributed by atoms with van der Waals surface area (Å²) in [6.45, 7) is 2.20. The van der Waals surface area contributed by atoms with Gasteiger partial charge in [-0.15, -0.1) is 0 Å². The van der Waals surface area contributed by atoms with Gasteiger partial charge in [-0.2, -0.15) is 0 Å². The van der Waals surface area contributed by atoms with Crippen LogP contribution in [0.15, 0.2) is 76.9 Å². The van der Waals surface area contributed by atoms with Crippen molar-refractivity contribution in [2.75, 3.05) is 0 Å². The van der Waals surface area contributed by atoms with Gasteiger partial charge in [-0.25, -0.2) is 0 Å². The van der Waals surface area contributed by atoms with Crippen molar-refractivity contribution in [3.05, 3.63) is 95.0 Å². The highest BCUT2D eigenvalue weighted by Gasteiger charge is 2.47. The topological polar surface area (TPSA) is 80.0 Å². The molecule has 1 fully saturated rings. The lowest BCUT2D eigenvalue weighted by Crippen LogP contribution is -2.29. The van der Waals surface area contributed by atoms with Crippen LogP contribution in [0.25, 0.3) is 5.76 Å². The summed E-state index contributed by atoms with van der Waals surface area (Å²) in [6.07, 6.45) is 2.28. The van der Waals surface area contributed by atoms with Crippen LogP contribution in [0.5, 0.6) is 5.75 Å². The van der Waals surface area contributed by atoms with Crippen molar-refractivity contribution in [2.45, 2.75) is 32.0 Å². The molecule has 1 aromatic heterocycles. The predicted octanol–water partition coefficient (Wildman–Crippen LogP) is 4.22. The van der Waals surface area contributed by atoms with Crippen molar-refractivity contribution in [3.8, 4) is 5.75 Å². The molecule has 2 atom stereocenters. The maximum absolute atomic E-state index is 13.0. The molecule has 2 aliphatic rings. The minimum atomic E-state index is -0.807. The lowest BCUT2D eigenvalue weighted by atomic mass is 9.97. The molecule has 1 N–H and O–H groups in total. The van der Waals surface area contributed by atoms with E-state index in [4.69, 9.17) is 9.15 Å². The Hall–Kier alpha value is -3.80. The fraction of sp³-hybridized carbons (Fsp3) is 0.200. The van der Waals surface area contributed by atoms with Crippen molar-refractivity contribution in [2.24, 2.45) is 0 Å². The zero-order chi connectivity index (χ0) is 21.5. The van der Waals surface area contributed by atoms with Gasteiger partial charge in [0.15, 0.2) is 0 Å². The maximum atomic E-state index is 13.0. The molecule has 0 radical (unpaired) electrons. The number of carbonyl (C=O) groups excluding carboxylic acids is 2. The first-order valence-corrected chi connectivity index (χ1v) is 10.2. The van der Waals surface area contributed by atoms with E-state index in [-0.39, 0.29) is 24.0 Å². The summed E-state index contributed by atoms with van der Waals surface area (Å²) in [5, 5.41) is 11.2. The highest BCUT2D eigenvalue weighted by Crippen LogP contribution is 2.41. The third-order valence-electron chi connectivity index (χ3n) is 5.72. The Morgan fingerprint density at radius 3 is 2.65 bits per heavy atom. The Bertz CT molecular complexity index is 1180. The summed E-state index contributed by atoms with van der Waals surface area (Å²) in [5.41, 5.74) is 2.35. The number of aliphatic hydroxyl groups is 1. The molecule has 5 rings (SSSR count). The molecule has 0 spiro atoms. The number of Topliss-reactive ketones (excluding diaryl/α,β-unsaturated/α-hetero) is 1. The number of rotatable bonds is 4. The number of ketones is 1. The number of amides is 1. The van der Waals surface area contributed by atoms with E-state index in [0.29, 0.717) is 11.3 Å². The van der Waals surface area contributed by atoms with Crippen LogP contribution >= 0.6 is 0 Å². The van der Waals surface area contributed by atoms with Crippen molar-refractivity contribution in [1.82, 2.24) is 4.90 Å². The Kier molecular flexibility index (Phi) is 4.62.